The van der Waals surface area contributed by atoms with Crippen LogP contribution in [0.5, 0.6) is 0 Å². The van der Waals surface area contributed by atoms with Gasteiger partial charge in [0.05, 0.1) is 12.6 Å². The third-order valence-corrected chi connectivity index (χ3v) is 6.55. The third kappa shape index (κ3) is 7.11. The molecule has 1 aromatic rings. The number of nitrogens with one attached hydrogen (secondary N) is 1. The van der Waals surface area contributed by atoms with Crippen molar-refractivity contribution in [3.8, 4) is 0 Å². The number of rotatable bonds is 7. The highest BCUT2D eigenvalue weighted by Crippen LogP contribution is 2.38. The Kier molecular flexibility index (Phi) is 8.02. The van der Waals surface area contributed by atoms with Crippen molar-refractivity contribution in [3.63, 3.8) is 0 Å². The summed E-state index contributed by atoms with van der Waals surface area (Å²) in [4.78, 5) is 28.7. The highest BCUT2D eigenvalue weighted by molar-refractivity contribution is 7.17. The van der Waals surface area contributed by atoms with E-state index in [4.69, 9.17) is 0 Å². The van der Waals surface area contributed by atoms with Gasteiger partial charge in [-0.2, -0.15) is 8.78 Å². The minimum atomic E-state index is -3.44. The van der Waals surface area contributed by atoms with Gasteiger partial charge in [-0.1, -0.05) is 9.24 Å². The van der Waals surface area contributed by atoms with Gasteiger partial charge in [0.25, 0.3) is 17.5 Å². The second-order valence-corrected chi connectivity index (χ2v) is 9.75. The number of halogens is 4. The predicted molar refractivity (Wildman–Crippen MR) is 118 cm³/mol. The molecule has 0 aliphatic carbocycles. The van der Waals surface area contributed by atoms with Crippen molar-refractivity contribution in [2.45, 2.75) is 43.9 Å². The molecule has 6 nitrogen and oxygen atoms in total. The lowest BCUT2D eigenvalue weighted by Crippen LogP contribution is -2.45. The van der Waals surface area contributed by atoms with Crippen LogP contribution in [0.3, 0.4) is 0 Å². The maximum absolute atomic E-state index is 13.8. The number of carbonyl (C=O) groups excluding carboxylic acids is 2. The van der Waals surface area contributed by atoms with Gasteiger partial charge in [0.1, 0.15) is 0 Å². The van der Waals surface area contributed by atoms with Crippen molar-refractivity contribution in [1.29, 1.82) is 0 Å². The van der Waals surface area contributed by atoms with Crippen LogP contribution in [0, 0.1) is 5.92 Å². The Morgan fingerprint density at radius 2 is 1.73 bits per heavy atom. The maximum Gasteiger partial charge on any atom is 0.283 e. The number of amides is 2. The van der Waals surface area contributed by atoms with Crippen LogP contribution in [0.4, 0.5) is 17.6 Å². The molecule has 0 saturated carbocycles. The third-order valence-electron chi connectivity index (χ3n) is 6.21. The first-order valence-electron chi connectivity index (χ1n) is 11.0. The predicted octanol–water partition coefficient (Wildman–Crippen LogP) is 2.76. The van der Waals surface area contributed by atoms with Crippen molar-refractivity contribution in [2.75, 3.05) is 39.3 Å². The molecule has 2 fully saturated rings. The molecule has 0 bridgehead atoms. The van der Waals surface area contributed by atoms with E-state index < -0.39 is 28.6 Å². The highest BCUT2D eigenvalue weighted by Gasteiger charge is 2.32. The lowest BCUT2D eigenvalue weighted by molar-refractivity contribution is -0.133. The Hall–Kier alpha value is -1.77. The summed E-state index contributed by atoms with van der Waals surface area (Å²) >= 11 is 0. The van der Waals surface area contributed by atoms with Crippen LogP contribution in [0.1, 0.15) is 47.7 Å². The summed E-state index contributed by atoms with van der Waals surface area (Å²) in [5.74, 6) is -3.96. The van der Waals surface area contributed by atoms with Crippen LogP contribution in [0.15, 0.2) is 18.2 Å². The van der Waals surface area contributed by atoms with Crippen LogP contribution in [-0.2, 0) is 16.4 Å². The minimum Gasteiger partial charge on any atom is -0.392 e. The Labute approximate surface area is 192 Å². The zero-order valence-electron chi connectivity index (χ0n) is 18.5. The zero-order chi connectivity index (χ0) is 24.4. The van der Waals surface area contributed by atoms with Gasteiger partial charge in [-0.15, -0.1) is 0 Å². The molecule has 0 aromatic heterocycles. The monoisotopic (exact) mass is 491 g/mol. The van der Waals surface area contributed by atoms with Gasteiger partial charge >= 0.3 is 0 Å². The smallest absolute Gasteiger partial charge is 0.283 e. The number of piperidine rings is 1. The number of aliphatic hydroxyl groups is 1. The number of likely N-dealkylation sites (tertiary alicyclic amines) is 2. The van der Waals surface area contributed by atoms with Gasteiger partial charge in [-0.25, -0.2) is 8.78 Å². The Bertz CT molecular complexity index is 835. The Morgan fingerprint density at radius 3 is 2.27 bits per heavy atom. The molecule has 184 valence electrons. The SMILES string of the molecule is CC(F)(F)c1cc(C(=O)NCC2CCN(C(=O)CN3CCC(O)C3)CC2)cc(C(F)(F)P)c1. The summed E-state index contributed by atoms with van der Waals surface area (Å²) in [6.07, 6.45) is 1.62. The number of carbonyl (C=O) groups is 2. The van der Waals surface area contributed by atoms with Crippen molar-refractivity contribution in [1.82, 2.24) is 15.1 Å². The first kappa shape index (κ1) is 25.8. The number of hydrogen-bond donors (Lipinski definition) is 2. The number of aliphatic hydroxyl groups excluding tert-OH is 1. The molecule has 2 amide bonds. The summed E-state index contributed by atoms with van der Waals surface area (Å²) in [7, 11) is 1.29. The van der Waals surface area contributed by atoms with E-state index in [0.29, 0.717) is 58.4 Å². The second kappa shape index (κ2) is 10.2. The van der Waals surface area contributed by atoms with Gasteiger partial charge in [-0.05, 0) is 43.4 Å². The summed E-state index contributed by atoms with van der Waals surface area (Å²) in [6, 6.07) is 2.57. The molecule has 0 radical (unpaired) electrons. The fourth-order valence-electron chi connectivity index (χ4n) is 4.18. The van der Waals surface area contributed by atoms with E-state index >= 15 is 0 Å². The average molecular weight is 491 g/mol. The second-order valence-electron chi connectivity index (χ2n) is 9.02. The average Bonchev–Trinajstić information content (AvgIpc) is 3.15. The molecular weight excluding hydrogens is 461 g/mol. The quantitative estimate of drug-likeness (QED) is 0.455. The van der Waals surface area contributed by atoms with E-state index in [0.717, 1.165) is 12.1 Å². The molecular formula is C22H30F4N3O3P. The van der Waals surface area contributed by atoms with Crippen molar-refractivity contribution < 1.29 is 32.3 Å². The molecule has 2 saturated heterocycles. The largest absolute Gasteiger partial charge is 0.392 e. The number of nitrogens with zero attached hydrogens (tertiary/aromatic N) is 2. The van der Waals surface area contributed by atoms with E-state index in [9.17, 15) is 32.3 Å². The standard InChI is InChI=1S/C22H30F4N3O3P/c1-21(23,24)16-8-15(9-17(10-16)22(25,26)33)20(32)27-11-14-2-6-29(7-3-14)19(31)13-28-5-4-18(30)12-28/h8-10,14,18,30H,2-7,11-13,33H2,1H3,(H,27,32). The van der Waals surface area contributed by atoms with E-state index in [-0.39, 0.29) is 36.6 Å². The highest BCUT2D eigenvalue weighted by atomic mass is 31.0. The van der Waals surface area contributed by atoms with Crippen LogP contribution < -0.4 is 5.32 Å². The van der Waals surface area contributed by atoms with E-state index in [1.165, 1.54) is 9.24 Å². The van der Waals surface area contributed by atoms with Crippen molar-refractivity contribution >= 4 is 21.1 Å². The van der Waals surface area contributed by atoms with E-state index in [1.807, 2.05) is 4.90 Å². The van der Waals surface area contributed by atoms with Crippen LogP contribution in [-0.4, -0.2) is 72.1 Å². The van der Waals surface area contributed by atoms with Gasteiger partial charge in [-0.3, -0.25) is 14.5 Å². The summed E-state index contributed by atoms with van der Waals surface area (Å²) < 4.78 is 55.0. The normalized spacial score (nSPS) is 20.8. The van der Waals surface area contributed by atoms with Gasteiger partial charge in [0, 0.05) is 56.3 Å². The summed E-state index contributed by atoms with van der Waals surface area (Å²) in [5, 5.41) is 12.2. The first-order chi connectivity index (χ1) is 15.3. The van der Waals surface area contributed by atoms with Crippen LogP contribution in [0.25, 0.3) is 0 Å². The lowest BCUT2D eigenvalue weighted by atomic mass is 9.96. The molecule has 0 spiro atoms. The first-order valence-corrected chi connectivity index (χ1v) is 11.6. The molecule has 2 atom stereocenters. The minimum absolute atomic E-state index is 0.00906. The molecule has 2 unspecified atom stereocenters. The number of β-amino-alcohol motifs (C(OH)–C–C–N with tert-alkyl or cyclic N) is 1. The maximum atomic E-state index is 13.8. The van der Waals surface area contributed by atoms with Gasteiger partial charge in [0.15, 0.2) is 0 Å². The molecule has 11 heteroatoms. The molecule has 33 heavy (non-hydrogen) atoms. The number of alkyl halides is 4. The molecule has 2 aliphatic heterocycles. The molecule has 2 aliphatic rings. The summed E-state index contributed by atoms with van der Waals surface area (Å²) in [5.41, 5.74) is -5.01. The van der Waals surface area contributed by atoms with E-state index in [2.05, 4.69) is 5.32 Å². The van der Waals surface area contributed by atoms with Crippen LogP contribution in [0.2, 0.25) is 0 Å². The van der Waals surface area contributed by atoms with E-state index in [1.54, 1.807) is 4.90 Å². The molecule has 1 aromatic carbocycles. The van der Waals surface area contributed by atoms with Gasteiger partial charge in [0.2, 0.25) is 5.91 Å². The fourth-order valence-corrected chi connectivity index (χ4v) is 4.34. The zero-order valence-corrected chi connectivity index (χ0v) is 19.7. The Balaban J connectivity index is 1.53. The van der Waals surface area contributed by atoms with Crippen molar-refractivity contribution in [3.05, 3.63) is 34.9 Å². The summed E-state index contributed by atoms with van der Waals surface area (Å²) in [6.45, 7) is 3.41. The number of hydrogen-bond acceptors (Lipinski definition) is 4. The van der Waals surface area contributed by atoms with Crippen LogP contribution >= 0.6 is 9.24 Å². The fraction of sp³-hybridized carbons (Fsp3) is 0.636. The number of benzene rings is 1. The molecule has 3 rings (SSSR count). The topological polar surface area (TPSA) is 72.9 Å². The molecule has 2 heterocycles. The van der Waals surface area contributed by atoms with Crippen molar-refractivity contribution in [2.24, 2.45) is 5.92 Å². The molecule has 2 N–H and O–H groups in total. The van der Waals surface area contributed by atoms with Gasteiger partial charge < -0.3 is 15.3 Å². The Morgan fingerprint density at radius 1 is 1.09 bits per heavy atom. The lowest BCUT2D eigenvalue weighted by Gasteiger charge is -2.33.